The molecule has 5 nitrogen and oxygen atoms in total. The lowest BCUT2D eigenvalue weighted by Gasteiger charge is -2.12. The molecule has 0 unspecified atom stereocenters. The first kappa shape index (κ1) is 19.9. The topological polar surface area (TPSA) is 68.3 Å². The van der Waals surface area contributed by atoms with Crippen LogP contribution in [0.3, 0.4) is 0 Å². The molecular formula is C21H16Cl2N2O3. The van der Waals surface area contributed by atoms with Crippen molar-refractivity contribution in [2.75, 3.05) is 7.11 Å². The van der Waals surface area contributed by atoms with Gasteiger partial charge >= 0.3 is 0 Å². The summed E-state index contributed by atoms with van der Waals surface area (Å²) in [5.41, 5.74) is 3.09. The minimum atomic E-state index is -0.324. The minimum absolute atomic E-state index is 0.224. The van der Waals surface area contributed by atoms with E-state index in [-0.39, 0.29) is 17.5 Å². The summed E-state index contributed by atoms with van der Waals surface area (Å²) in [6.07, 6.45) is 2.35. The quantitative estimate of drug-likeness (QED) is 0.587. The zero-order valence-electron chi connectivity index (χ0n) is 14.9. The van der Waals surface area contributed by atoms with E-state index in [0.29, 0.717) is 27.6 Å². The molecule has 0 bridgehead atoms. The average molecular weight is 415 g/mol. The van der Waals surface area contributed by atoms with E-state index in [4.69, 9.17) is 27.9 Å². The van der Waals surface area contributed by atoms with E-state index in [1.807, 2.05) is 12.1 Å². The molecule has 142 valence electrons. The molecule has 0 aliphatic rings. The predicted octanol–water partition coefficient (Wildman–Crippen LogP) is 4.81. The van der Waals surface area contributed by atoms with Crippen molar-refractivity contribution < 1.29 is 14.3 Å². The Morgan fingerprint density at radius 1 is 1.14 bits per heavy atom. The van der Waals surface area contributed by atoms with Gasteiger partial charge < -0.3 is 10.1 Å². The van der Waals surface area contributed by atoms with E-state index in [0.717, 1.165) is 17.4 Å². The number of hydrogen-bond donors (Lipinski definition) is 1. The van der Waals surface area contributed by atoms with Crippen molar-refractivity contribution in [3.63, 3.8) is 0 Å². The van der Waals surface area contributed by atoms with Crippen molar-refractivity contribution in [2.45, 2.75) is 6.54 Å². The first-order valence-corrected chi connectivity index (χ1v) is 9.09. The van der Waals surface area contributed by atoms with Gasteiger partial charge in [0, 0.05) is 34.5 Å². The highest BCUT2D eigenvalue weighted by Crippen LogP contribution is 2.26. The van der Waals surface area contributed by atoms with Gasteiger partial charge in [-0.1, -0.05) is 23.2 Å². The van der Waals surface area contributed by atoms with Crippen molar-refractivity contribution in [3.8, 4) is 17.0 Å². The fraction of sp³-hybridized carbons (Fsp3) is 0.0952. The third-order valence-electron chi connectivity index (χ3n) is 4.11. The van der Waals surface area contributed by atoms with Crippen molar-refractivity contribution in [1.29, 1.82) is 0 Å². The Morgan fingerprint density at radius 2 is 1.96 bits per heavy atom. The van der Waals surface area contributed by atoms with Gasteiger partial charge in [0.15, 0.2) is 0 Å². The molecule has 0 saturated heterocycles. The SMILES string of the molecule is COc1ccc(-c2cc(C=O)ccn2)cc1CNC(=O)c1ccc(Cl)cc1Cl. The first-order valence-electron chi connectivity index (χ1n) is 8.33. The van der Waals surface area contributed by atoms with Crippen molar-refractivity contribution in [3.05, 3.63) is 81.5 Å². The van der Waals surface area contributed by atoms with E-state index >= 15 is 0 Å². The van der Waals surface area contributed by atoms with E-state index < -0.39 is 0 Å². The van der Waals surface area contributed by atoms with Crippen molar-refractivity contribution in [1.82, 2.24) is 10.3 Å². The standard InChI is InChI=1S/C21H16Cl2N2O3/c1-28-20-5-2-14(19-8-13(12-26)6-7-24-19)9-15(20)11-25-21(27)17-4-3-16(22)10-18(17)23/h2-10,12H,11H2,1H3,(H,25,27). The molecule has 0 spiro atoms. The van der Waals surface area contributed by atoms with Gasteiger partial charge in [0.1, 0.15) is 12.0 Å². The minimum Gasteiger partial charge on any atom is -0.496 e. The van der Waals surface area contributed by atoms with Gasteiger partial charge in [-0.25, -0.2) is 0 Å². The van der Waals surface area contributed by atoms with Crippen LogP contribution in [0, 0.1) is 0 Å². The molecule has 7 heteroatoms. The normalized spacial score (nSPS) is 10.4. The number of carbonyl (C=O) groups is 2. The number of aromatic nitrogens is 1. The fourth-order valence-corrected chi connectivity index (χ4v) is 3.19. The number of amides is 1. The van der Waals surface area contributed by atoms with Gasteiger partial charge in [-0.2, -0.15) is 0 Å². The van der Waals surface area contributed by atoms with E-state index in [9.17, 15) is 9.59 Å². The summed E-state index contributed by atoms with van der Waals surface area (Å²) in [6.45, 7) is 0.224. The molecule has 28 heavy (non-hydrogen) atoms. The summed E-state index contributed by atoms with van der Waals surface area (Å²) < 4.78 is 5.39. The smallest absolute Gasteiger partial charge is 0.253 e. The van der Waals surface area contributed by atoms with Crippen LogP contribution in [0.25, 0.3) is 11.3 Å². The highest BCUT2D eigenvalue weighted by Gasteiger charge is 2.13. The van der Waals surface area contributed by atoms with E-state index in [2.05, 4.69) is 10.3 Å². The van der Waals surface area contributed by atoms with Gasteiger partial charge in [-0.3, -0.25) is 14.6 Å². The molecule has 2 aromatic carbocycles. The number of nitrogens with one attached hydrogen (secondary N) is 1. The molecule has 0 aliphatic carbocycles. The Labute approximate surface area is 172 Å². The number of nitrogens with zero attached hydrogens (tertiary/aromatic N) is 1. The van der Waals surface area contributed by atoms with Crippen molar-refractivity contribution >= 4 is 35.4 Å². The zero-order chi connectivity index (χ0) is 20.1. The van der Waals surface area contributed by atoms with Crippen LogP contribution in [-0.4, -0.2) is 24.3 Å². The van der Waals surface area contributed by atoms with Crippen LogP contribution in [0.4, 0.5) is 0 Å². The lowest BCUT2D eigenvalue weighted by molar-refractivity contribution is 0.0950. The monoisotopic (exact) mass is 414 g/mol. The summed E-state index contributed by atoms with van der Waals surface area (Å²) in [5, 5.41) is 3.57. The van der Waals surface area contributed by atoms with Crippen LogP contribution in [0.1, 0.15) is 26.3 Å². The number of rotatable bonds is 6. The molecule has 0 radical (unpaired) electrons. The highest BCUT2D eigenvalue weighted by atomic mass is 35.5. The Morgan fingerprint density at radius 3 is 2.68 bits per heavy atom. The largest absolute Gasteiger partial charge is 0.496 e. The number of methoxy groups -OCH3 is 1. The molecule has 0 atom stereocenters. The van der Waals surface area contributed by atoms with Crippen LogP contribution >= 0.6 is 23.2 Å². The van der Waals surface area contributed by atoms with Gasteiger partial charge in [0.25, 0.3) is 5.91 Å². The molecule has 0 fully saturated rings. The van der Waals surface area contributed by atoms with E-state index in [1.54, 1.807) is 43.6 Å². The number of ether oxygens (including phenoxy) is 1. The molecule has 1 N–H and O–H groups in total. The second kappa shape index (κ2) is 8.87. The van der Waals surface area contributed by atoms with E-state index in [1.165, 1.54) is 6.07 Å². The average Bonchev–Trinajstić information content (AvgIpc) is 2.71. The molecule has 0 aliphatic heterocycles. The Kier molecular flexibility index (Phi) is 6.29. The van der Waals surface area contributed by atoms with Crippen molar-refractivity contribution in [2.24, 2.45) is 0 Å². The number of hydrogen-bond acceptors (Lipinski definition) is 4. The summed E-state index contributed by atoms with van der Waals surface area (Å²) >= 11 is 12.0. The lowest BCUT2D eigenvalue weighted by Crippen LogP contribution is -2.23. The number of aldehydes is 1. The second-order valence-corrected chi connectivity index (χ2v) is 6.77. The maximum atomic E-state index is 12.5. The first-order chi connectivity index (χ1) is 13.5. The van der Waals surface area contributed by atoms with Gasteiger partial charge in [0.05, 0.1) is 23.4 Å². The maximum absolute atomic E-state index is 12.5. The number of carbonyl (C=O) groups excluding carboxylic acids is 2. The molecule has 3 rings (SSSR count). The molecule has 3 aromatic rings. The maximum Gasteiger partial charge on any atom is 0.253 e. The van der Waals surface area contributed by atoms with Crippen LogP contribution in [0.5, 0.6) is 5.75 Å². The lowest BCUT2D eigenvalue weighted by atomic mass is 10.0. The van der Waals surface area contributed by atoms with Gasteiger partial charge in [-0.05, 0) is 48.5 Å². The molecular weight excluding hydrogens is 399 g/mol. The fourth-order valence-electron chi connectivity index (χ4n) is 2.70. The molecule has 1 aromatic heterocycles. The molecule has 1 heterocycles. The number of pyridine rings is 1. The highest BCUT2D eigenvalue weighted by molar-refractivity contribution is 6.36. The predicted molar refractivity (Wildman–Crippen MR) is 109 cm³/mol. The van der Waals surface area contributed by atoms with Crippen LogP contribution < -0.4 is 10.1 Å². The Bertz CT molecular complexity index is 1040. The number of benzene rings is 2. The van der Waals surface area contributed by atoms with Gasteiger partial charge in [-0.15, -0.1) is 0 Å². The Balaban J connectivity index is 1.84. The summed E-state index contributed by atoms with van der Waals surface area (Å²) in [7, 11) is 1.56. The summed E-state index contributed by atoms with van der Waals surface area (Å²) in [4.78, 5) is 27.8. The third-order valence-corrected chi connectivity index (χ3v) is 4.66. The van der Waals surface area contributed by atoms with Gasteiger partial charge in [0.2, 0.25) is 0 Å². The van der Waals surface area contributed by atoms with Crippen LogP contribution in [0.2, 0.25) is 10.0 Å². The zero-order valence-corrected chi connectivity index (χ0v) is 16.4. The number of halogens is 2. The Hall–Kier alpha value is -2.89. The molecule has 1 amide bonds. The summed E-state index contributed by atoms with van der Waals surface area (Å²) in [6, 6.07) is 13.5. The summed E-state index contributed by atoms with van der Waals surface area (Å²) in [5.74, 6) is 0.299. The molecule has 0 saturated carbocycles. The third kappa shape index (κ3) is 4.50. The van der Waals surface area contributed by atoms with Crippen LogP contribution in [0.15, 0.2) is 54.7 Å². The second-order valence-electron chi connectivity index (χ2n) is 5.93. The van der Waals surface area contributed by atoms with Crippen LogP contribution in [-0.2, 0) is 6.54 Å².